The third-order valence-corrected chi connectivity index (χ3v) is 11.6. The Bertz CT molecular complexity index is 3480. The Morgan fingerprint density at radius 1 is 0.414 bits per heavy atom. The molecule has 11 aromatic rings. The molecule has 0 saturated heterocycles. The summed E-state index contributed by atoms with van der Waals surface area (Å²) in [5.41, 5.74) is 10.6. The summed E-state index contributed by atoms with van der Waals surface area (Å²) in [6.45, 7) is 0. The van der Waals surface area contributed by atoms with E-state index in [-0.39, 0.29) is 0 Å². The zero-order valence-corrected chi connectivity index (χ0v) is 31.2. The average Bonchev–Trinajstić information content (AvgIpc) is 3.87. The molecule has 3 heterocycles. The lowest BCUT2D eigenvalue weighted by atomic mass is 9.92. The van der Waals surface area contributed by atoms with Gasteiger partial charge in [-0.05, 0) is 80.2 Å². The van der Waals surface area contributed by atoms with Crippen molar-refractivity contribution < 1.29 is 8.83 Å². The van der Waals surface area contributed by atoms with Crippen molar-refractivity contribution in [2.45, 2.75) is 6.17 Å². The summed E-state index contributed by atoms with van der Waals surface area (Å²) < 4.78 is 12.9. The van der Waals surface area contributed by atoms with Crippen LogP contribution in [-0.4, -0.2) is 11.7 Å². The number of fused-ring (bicyclic) bond motifs is 9. The molecule has 2 aromatic heterocycles. The van der Waals surface area contributed by atoms with Crippen molar-refractivity contribution in [3.8, 4) is 22.3 Å². The van der Waals surface area contributed by atoms with E-state index in [0.29, 0.717) is 5.84 Å². The fraction of sp³-hybridized carbons (Fsp3) is 0.0189. The fourth-order valence-corrected chi connectivity index (χ4v) is 8.82. The molecule has 1 unspecified atom stereocenters. The first-order valence-electron chi connectivity index (χ1n) is 19.6. The molecule has 0 bridgehead atoms. The molecule has 5 nitrogen and oxygen atoms in total. The van der Waals surface area contributed by atoms with E-state index in [1.807, 2.05) is 42.5 Å². The second-order valence-corrected chi connectivity index (χ2v) is 14.9. The lowest BCUT2D eigenvalue weighted by Gasteiger charge is -2.25. The van der Waals surface area contributed by atoms with Crippen LogP contribution in [0.5, 0.6) is 0 Å². The summed E-state index contributed by atoms with van der Waals surface area (Å²) in [5, 5.41) is 12.7. The van der Waals surface area contributed by atoms with Crippen molar-refractivity contribution in [3.63, 3.8) is 0 Å². The van der Waals surface area contributed by atoms with Crippen molar-refractivity contribution in [1.29, 1.82) is 0 Å². The molecule has 5 heteroatoms. The highest BCUT2D eigenvalue weighted by Gasteiger charge is 2.28. The standard InChI is InChI=1S/C53H33N3O2/c1-2-11-32(12-3-1)33-21-23-35(24-22-33)40-29-30-47-49(42-16-7-9-19-45(42)58-47)50(40)53-55-51(37-27-28-39-36(31-37)26-25-34-13-4-5-14-38(34)39)54-52(56-53)43-17-10-20-46-48(43)41-15-6-8-18-44(41)57-46/h1-31,52H,(H,54,55,56). The molecule has 9 aromatic carbocycles. The molecule has 0 amide bonds. The largest absolute Gasteiger partial charge is 0.456 e. The Balaban J connectivity index is 1.11. The van der Waals surface area contributed by atoms with E-state index in [4.69, 9.17) is 18.8 Å². The maximum atomic E-state index is 6.52. The average molecular weight is 744 g/mol. The van der Waals surface area contributed by atoms with E-state index in [0.717, 1.165) is 88.5 Å². The fourth-order valence-electron chi connectivity index (χ4n) is 8.82. The topological polar surface area (TPSA) is 63.0 Å². The number of para-hydroxylation sites is 2. The molecule has 0 spiro atoms. The first kappa shape index (κ1) is 32.5. The van der Waals surface area contributed by atoms with Gasteiger partial charge in [-0.2, -0.15) is 0 Å². The van der Waals surface area contributed by atoms with Gasteiger partial charge in [0.05, 0.1) is 0 Å². The van der Waals surface area contributed by atoms with Crippen molar-refractivity contribution in [3.05, 3.63) is 205 Å². The van der Waals surface area contributed by atoms with Gasteiger partial charge in [0.15, 0.2) is 5.84 Å². The minimum Gasteiger partial charge on any atom is -0.456 e. The molecule has 1 aliphatic heterocycles. The molecule has 0 radical (unpaired) electrons. The van der Waals surface area contributed by atoms with Crippen LogP contribution in [0.1, 0.15) is 22.9 Å². The molecule has 1 N–H and O–H groups in total. The maximum absolute atomic E-state index is 6.52. The molecule has 0 fully saturated rings. The van der Waals surface area contributed by atoms with Gasteiger partial charge in [0.25, 0.3) is 0 Å². The van der Waals surface area contributed by atoms with Crippen LogP contribution in [0.3, 0.4) is 0 Å². The van der Waals surface area contributed by atoms with Crippen LogP contribution in [0, 0.1) is 0 Å². The Morgan fingerprint density at radius 2 is 1.02 bits per heavy atom. The van der Waals surface area contributed by atoms with E-state index in [9.17, 15) is 0 Å². The van der Waals surface area contributed by atoms with E-state index < -0.39 is 6.17 Å². The van der Waals surface area contributed by atoms with Gasteiger partial charge in [-0.15, -0.1) is 0 Å². The quantitative estimate of drug-likeness (QED) is 0.179. The number of furan rings is 2. The monoisotopic (exact) mass is 743 g/mol. The highest BCUT2D eigenvalue weighted by Crippen LogP contribution is 2.41. The summed E-state index contributed by atoms with van der Waals surface area (Å²) in [5.74, 6) is 1.37. The van der Waals surface area contributed by atoms with Crippen molar-refractivity contribution in [1.82, 2.24) is 5.32 Å². The summed E-state index contributed by atoms with van der Waals surface area (Å²) in [6.07, 6.45) is -0.485. The van der Waals surface area contributed by atoms with Gasteiger partial charge in [0, 0.05) is 38.2 Å². The van der Waals surface area contributed by atoms with Gasteiger partial charge in [0.1, 0.15) is 34.3 Å². The number of benzene rings is 9. The minimum absolute atomic E-state index is 0.485. The second kappa shape index (κ2) is 12.9. The molecule has 272 valence electrons. The Hall–Kier alpha value is -7.76. The molecular formula is C53H33N3O2. The zero-order valence-electron chi connectivity index (χ0n) is 31.2. The SMILES string of the molecule is c1ccc(-c2ccc(-c3ccc4oc5ccccc5c4c3C3=NC(c4cccc5oc6ccccc6c45)NC(c4ccc5c(ccc6ccccc65)c4)=N3)cc2)cc1. The maximum Gasteiger partial charge on any atom is 0.160 e. The Labute approximate surface area is 333 Å². The van der Waals surface area contributed by atoms with Crippen LogP contribution >= 0.6 is 0 Å². The molecule has 1 aliphatic rings. The van der Waals surface area contributed by atoms with Gasteiger partial charge in [-0.3, -0.25) is 0 Å². The highest BCUT2D eigenvalue weighted by atomic mass is 16.3. The van der Waals surface area contributed by atoms with Gasteiger partial charge in [0.2, 0.25) is 0 Å². The van der Waals surface area contributed by atoms with Crippen LogP contribution in [0.4, 0.5) is 0 Å². The van der Waals surface area contributed by atoms with E-state index in [2.05, 4.69) is 151 Å². The smallest absolute Gasteiger partial charge is 0.160 e. The van der Waals surface area contributed by atoms with Crippen molar-refractivity contribution in [2.24, 2.45) is 9.98 Å². The van der Waals surface area contributed by atoms with Crippen LogP contribution < -0.4 is 5.32 Å². The Morgan fingerprint density at radius 3 is 1.83 bits per heavy atom. The summed E-state index contributed by atoms with van der Waals surface area (Å²) in [6, 6.07) is 65.7. The van der Waals surface area contributed by atoms with Crippen LogP contribution in [0.15, 0.2) is 207 Å². The minimum atomic E-state index is -0.485. The molecule has 12 rings (SSSR count). The van der Waals surface area contributed by atoms with E-state index in [1.54, 1.807) is 0 Å². The summed E-state index contributed by atoms with van der Waals surface area (Å²) in [7, 11) is 0. The third kappa shape index (κ3) is 5.17. The van der Waals surface area contributed by atoms with E-state index in [1.165, 1.54) is 21.7 Å². The summed E-state index contributed by atoms with van der Waals surface area (Å²) >= 11 is 0. The number of aliphatic imine (C=N–C) groups is 2. The normalized spacial score (nSPS) is 14.4. The number of hydrogen-bond acceptors (Lipinski definition) is 5. The third-order valence-electron chi connectivity index (χ3n) is 11.6. The first-order valence-corrected chi connectivity index (χ1v) is 19.6. The van der Waals surface area contributed by atoms with Gasteiger partial charge >= 0.3 is 0 Å². The molecule has 0 aliphatic carbocycles. The lowest BCUT2D eigenvalue weighted by molar-refractivity contribution is 0.662. The summed E-state index contributed by atoms with van der Waals surface area (Å²) in [4.78, 5) is 11.0. The first-order chi connectivity index (χ1) is 28.7. The van der Waals surface area contributed by atoms with Crippen LogP contribution in [0.25, 0.3) is 87.7 Å². The second-order valence-electron chi connectivity index (χ2n) is 14.9. The molecule has 58 heavy (non-hydrogen) atoms. The number of rotatable bonds is 5. The van der Waals surface area contributed by atoms with Gasteiger partial charge in [-0.25, -0.2) is 9.98 Å². The predicted molar refractivity (Wildman–Crippen MR) is 239 cm³/mol. The number of nitrogens with one attached hydrogen (secondary N) is 1. The van der Waals surface area contributed by atoms with Gasteiger partial charge < -0.3 is 14.2 Å². The Kier molecular flexibility index (Phi) is 7.23. The number of amidine groups is 2. The number of nitrogens with zero attached hydrogens (tertiary/aromatic N) is 2. The molecular weight excluding hydrogens is 711 g/mol. The molecule has 1 atom stereocenters. The van der Waals surface area contributed by atoms with E-state index >= 15 is 0 Å². The van der Waals surface area contributed by atoms with Gasteiger partial charge in [-0.1, -0.05) is 152 Å². The van der Waals surface area contributed by atoms with Crippen molar-refractivity contribution >= 4 is 77.1 Å². The van der Waals surface area contributed by atoms with Crippen LogP contribution in [0.2, 0.25) is 0 Å². The zero-order chi connectivity index (χ0) is 38.2. The number of hydrogen-bond donors (Lipinski definition) is 1. The van der Waals surface area contributed by atoms with Crippen LogP contribution in [-0.2, 0) is 0 Å². The molecule has 0 saturated carbocycles. The highest BCUT2D eigenvalue weighted by molar-refractivity contribution is 6.25. The van der Waals surface area contributed by atoms with Crippen molar-refractivity contribution in [2.75, 3.05) is 0 Å². The lowest BCUT2D eigenvalue weighted by Crippen LogP contribution is -2.33. The predicted octanol–water partition coefficient (Wildman–Crippen LogP) is 13.6.